The number of aliphatic hydroxyl groups excluding tert-OH is 3. The fourth-order valence-corrected chi connectivity index (χ4v) is 3.08. The minimum absolute atomic E-state index is 0.114. The lowest BCUT2D eigenvalue weighted by Gasteiger charge is -2.37. The van der Waals surface area contributed by atoms with Gasteiger partial charge >= 0.3 is 5.97 Å². The first-order valence-corrected chi connectivity index (χ1v) is 9.03. The van der Waals surface area contributed by atoms with Crippen molar-refractivity contribution in [2.45, 2.75) is 89.3 Å². The predicted octanol–water partition coefficient (Wildman–Crippen LogP) is 2.21. The molecule has 0 radical (unpaired) electrons. The monoisotopic (exact) mass is 344 g/mol. The molecule has 24 heavy (non-hydrogen) atoms. The lowest BCUT2D eigenvalue weighted by Crippen LogP contribution is -2.43. The van der Waals surface area contributed by atoms with Gasteiger partial charge in [-0.1, -0.05) is 44.8 Å². The molecule has 1 rings (SSSR count). The zero-order valence-electron chi connectivity index (χ0n) is 14.5. The van der Waals surface area contributed by atoms with Gasteiger partial charge in [0.2, 0.25) is 0 Å². The maximum Gasteiger partial charge on any atom is 0.303 e. The molecule has 4 N–H and O–H groups in total. The van der Waals surface area contributed by atoms with Gasteiger partial charge in [0.15, 0.2) is 6.29 Å². The van der Waals surface area contributed by atoms with Gasteiger partial charge in [-0.2, -0.15) is 0 Å². The van der Waals surface area contributed by atoms with Gasteiger partial charge in [0.1, 0.15) is 0 Å². The first-order chi connectivity index (χ1) is 11.4. The molecule has 0 aliphatic carbocycles. The number of ether oxygens (including phenoxy) is 1. The lowest BCUT2D eigenvalue weighted by molar-refractivity contribution is -0.201. The van der Waals surface area contributed by atoms with E-state index < -0.39 is 30.6 Å². The summed E-state index contributed by atoms with van der Waals surface area (Å²) in [6.07, 6.45) is 6.63. The highest BCUT2D eigenvalue weighted by Crippen LogP contribution is 2.30. The van der Waals surface area contributed by atoms with Gasteiger partial charge in [-0.25, -0.2) is 0 Å². The summed E-state index contributed by atoms with van der Waals surface area (Å²) in [7, 11) is 0. The third-order valence-corrected chi connectivity index (χ3v) is 4.48. The number of aliphatic hydroxyl groups is 3. The van der Waals surface area contributed by atoms with E-state index >= 15 is 0 Å². The molecule has 1 heterocycles. The van der Waals surface area contributed by atoms with Crippen molar-refractivity contribution < 1.29 is 30.0 Å². The van der Waals surface area contributed by atoms with Gasteiger partial charge in [-0.15, -0.1) is 0 Å². The molecule has 1 unspecified atom stereocenters. The second-order valence-corrected chi connectivity index (χ2v) is 6.61. The van der Waals surface area contributed by atoms with Crippen LogP contribution in [0.3, 0.4) is 0 Å². The number of hydrogen-bond donors (Lipinski definition) is 4. The summed E-state index contributed by atoms with van der Waals surface area (Å²) in [5.41, 5.74) is 0. The number of carboxylic acids is 1. The first kappa shape index (κ1) is 21.1. The summed E-state index contributed by atoms with van der Waals surface area (Å²) in [6.45, 7) is 2.11. The number of rotatable bonds is 11. The second-order valence-electron chi connectivity index (χ2n) is 6.61. The Morgan fingerprint density at radius 3 is 2.67 bits per heavy atom. The molecule has 0 aromatic carbocycles. The van der Waals surface area contributed by atoms with Gasteiger partial charge < -0.3 is 25.2 Å². The smallest absolute Gasteiger partial charge is 0.303 e. The molecule has 0 saturated carbocycles. The zero-order valence-corrected chi connectivity index (χ0v) is 14.5. The van der Waals surface area contributed by atoms with E-state index in [2.05, 4.69) is 6.92 Å². The molecule has 5 atom stereocenters. The molecule has 0 spiro atoms. The summed E-state index contributed by atoms with van der Waals surface area (Å²) >= 11 is 0. The van der Waals surface area contributed by atoms with Crippen molar-refractivity contribution in [1.29, 1.82) is 0 Å². The fraction of sp³-hybridized carbons (Fsp3) is 0.833. The van der Waals surface area contributed by atoms with Gasteiger partial charge in [0, 0.05) is 18.8 Å². The van der Waals surface area contributed by atoms with Crippen molar-refractivity contribution in [3.63, 3.8) is 0 Å². The van der Waals surface area contributed by atoms with Crippen LogP contribution in [0, 0.1) is 5.92 Å². The molecule has 140 valence electrons. The molecule has 0 amide bonds. The summed E-state index contributed by atoms with van der Waals surface area (Å²) in [5.74, 6) is -1.02. The Hall–Kier alpha value is -0.950. The van der Waals surface area contributed by atoms with E-state index in [0.29, 0.717) is 25.7 Å². The third kappa shape index (κ3) is 8.24. The standard InChI is InChI=1S/C18H32O6/c1-2-3-4-7-13(19)10-11-16-14(8-5-6-9-17(21)22)15(20)12-18(23)24-16/h10-11,13-16,18-20,23H,2-9,12H2,1H3,(H,21,22)/t13-,14-,15-,16+,18?/m0/s1. The normalized spacial score (nSPS) is 29.0. The molecule has 1 aliphatic heterocycles. The van der Waals surface area contributed by atoms with E-state index in [-0.39, 0.29) is 18.8 Å². The maximum absolute atomic E-state index is 10.6. The Labute approximate surface area is 144 Å². The SMILES string of the molecule is CCCCC[C@H](O)C=C[C@H]1OC(O)C[C@H](O)[C@@H]1CCCCC(=O)O. The number of unbranched alkanes of at least 4 members (excludes halogenated alkanes) is 3. The predicted molar refractivity (Wildman–Crippen MR) is 90.4 cm³/mol. The van der Waals surface area contributed by atoms with Crippen LogP contribution >= 0.6 is 0 Å². The van der Waals surface area contributed by atoms with E-state index in [4.69, 9.17) is 9.84 Å². The second kappa shape index (κ2) is 11.6. The van der Waals surface area contributed by atoms with Crippen LogP contribution in [-0.2, 0) is 9.53 Å². The molecule has 0 aromatic heterocycles. The molecular weight excluding hydrogens is 312 g/mol. The van der Waals surface area contributed by atoms with E-state index in [0.717, 1.165) is 19.3 Å². The van der Waals surface area contributed by atoms with Gasteiger partial charge in [-0.05, 0) is 19.3 Å². The van der Waals surface area contributed by atoms with Crippen LogP contribution in [0.1, 0.15) is 64.7 Å². The van der Waals surface area contributed by atoms with Gasteiger partial charge in [0.05, 0.1) is 18.3 Å². The van der Waals surface area contributed by atoms with Gasteiger partial charge in [0.25, 0.3) is 0 Å². The minimum Gasteiger partial charge on any atom is -0.481 e. The molecule has 1 fully saturated rings. The average molecular weight is 344 g/mol. The maximum atomic E-state index is 10.6. The van der Waals surface area contributed by atoms with Crippen LogP contribution in [0.5, 0.6) is 0 Å². The van der Waals surface area contributed by atoms with Crippen molar-refractivity contribution in [1.82, 2.24) is 0 Å². The van der Waals surface area contributed by atoms with E-state index in [1.54, 1.807) is 12.2 Å². The average Bonchev–Trinajstić information content (AvgIpc) is 2.51. The Balaban J connectivity index is 2.52. The van der Waals surface area contributed by atoms with E-state index in [1.165, 1.54) is 0 Å². The fourth-order valence-electron chi connectivity index (χ4n) is 3.08. The minimum atomic E-state index is -1.01. The summed E-state index contributed by atoms with van der Waals surface area (Å²) in [5, 5.41) is 38.5. The van der Waals surface area contributed by atoms with Crippen LogP contribution in [0.2, 0.25) is 0 Å². The Morgan fingerprint density at radius 1 is 1.25 bits per heavy atom. The Bertz CT molecular complexity index is 384. The largest absolute Gasteiger partial charge is 0.481 e. The summed E-state index contributed by atoms with van der Waals surface area (Å²) in [6, 6.07) is 0. The van der Waals surface area contributed by atoms with Crippen LogP contribution in [-0.4, -0.2) is 51.0 Å². The van der Waals surface area contributed by atoms with Crippen molar-refractivity contribution in [3.05, 3.63) is 12.2 Å². The number of carbonyl (C=O) groups is 1. The topological polar surface area (TPSA) is 107 Å². The number of hydrogen-bond acceptors (Lipinski definition) is 5. The molecule has 1 saturated heterocycles. The quantitative estimate of drug-likeness (QED) is 0.338. The zero-order chi connectivity index (χ0) is 17.9. The van der Waals surface area contributed by atoms with Crippen molar-refractivity contribution in [2.75, 3.05) is 0 Å². The molecule has 1 aliphatic rings. The van der Waals surface area contributed by atoms with Crippen LogP contribution < -0.4 is 0 Å². The highest BCUT2D eigenvalue weighted by molar-refractivity contribution is 5.66. The molecule has 6 heteroatoms. The third-order valence-electron chi connectivity index (χ3n) is 4.48. The van der Waals surface area contributed by atoms with Crippen LogP contribution in [0.4, 0.5) is 0 Å². The van der Waals surface area contributed by atoms with Crippen molar-refractivity contribution in [3.8, 4) is 0 Å². The Morgan fingerprint density at radius 2 is 2.00 bits per heavy atom. The summed E-state index contributed by atoms with van der Waals surface area (Å²) in [4.78, 5) is 10.6. The highest BCUT2D eigenvalue weighted by Gasteiger charge is 2.35. The summed E-state index contributed by atoms with van der Waals surface area (Å²) < 4.78 is 5.50. The number of aliphatic carboxylic acids is 1. The lowest BCUT2D eigenvalue weighted by atomic mass is 9.85. The van der Waals surface area contributed by atoms with Crippen LogP contribution in [0.15, 0.2) is 12.2 Å². The highest BCUT2D eigenvalue weighted by atomic mass is 16.6. The Kier molecular flexibility index (Phi) is 10.2. The van der Waals surface area contributed by atoms with Crippen molar-refractivity contribution in [2.24, 2.45) is 5.92 Å². The molecule has 0 bridgehead atoms. The van der Waals surface area contributed by atoms with Gasteiger partial charge in [-0.3, -0.25) is 4.79 Å². The first-order valence-electron chi connectivity index (χ1n) is 9.03. The molecule has 6 nitrogen and oxygen atoms in total. The number of carboxylic acid groups (broad SMARTS) is 1. The van der Waals surface area contributed by atoms with Crippen LogP contribution in [0.25, 0.3) is 0 Å². The molecule has 0 aromatic rings. The van der Waals surface area contributed by atoms with Crippen molar-refractivity contribution >= 4 is 5.97 Å². The van der Waals surface area contributed by atoms with E-state index in [9.17, 15) is 20.1 Å². The van der Waals surface area contributed by atoms with E-state index in [1.807, 2.05) is 0 Å². The molecular formula is C18H32O6.